The largest absolute Gasteiger partial charge is 0.493 e. The van der Waals surface area contributed by atoms with Crippen LogP contribution in [0.2, 0.25) is 0 Å². The van der Waals surface area contributed by atoms with Crippen LogP contribution in [-0.2, 0) is 22.6 Å². The molecule has 2 aromatic rings. The molecule has 1 saturated heterocycles. The van der Waals surface area contributed by atoms with Gasteiger partial charge in [-0.1, -0.05) is 17.7 Å². The summed E-state index contributed by atoms with van der Waals surface area (Å²) in [5.74, 6) is 1.14. The second-order valence-electron chi connectivity index (χ2n) is 7.73. The lowest BCUT2D eigenvalue weighted by molar-refractivity contribution is -0.136. The maximum atomic E-state index is 13.2. The van der Waals surface area contributed by atoms with Gasteiger partial charge < -0.3 is 19.3 Å². The highest BCUT2D eigenvalue weighted by Gasteiger charge is 2.38. The van der Waals surface area contributed by atoms with Gasteiger partial charge in [0.1, 0.15) is 0 Å². The molecule has 0 aliphatic carbocycles. The normalized spacial score (nSPS) is 18.6. The zero-order chi connectivity index (χ0) is 20.5. The molecule has 0 radical (unpaired) electrons. The molecule has 2 aliphatic heterocycles. The van der Waals surface area contributed by atoms with Crippen molar-refractivity contribution in [1.29, 1.82) is 0 Å². The fraction of sp³-hybridized carbons (Fsp3) is 0.391. The zero-order valence-electron chi connectivity index (χ0n) is 17.1. The predicted molar refractivity (Wildman–Crippen MR) is 110 cm³/mol. The summed E-state index contributed by atoms with van der Waals surface area (Å²) in [5, 5.41) is 0. The SMILES string of the molecule is COc1cc2c(cc1OC)CN(C(=O)C1CC(=O)N(c3ccc(C)cc3)C1)CC2. The second-order valence-corrected chi connectivity index (χ2v) is 7.73. The first-order chi connectivity index (χ1) is 14.0. The number of methoxy groups -OCH3 is 2. The molecule has 4 rings (SSSR count). The third kappa shape index (κ3) is 3.67. The molecule has 0 aromatic heterocycles. The average molecular weight is 394 g/mol. The van der Waals surface area contributed by atoms with E-state index < -0.39 is 0 Å². The smallest absolute Gasteiger partial charge is 0.228 e. The number of benzene rings is 2. The fourth-order valence-electron chi connectivity index (χ4n) is 4.18. The van der Waals surface area contributed by atoms with Crippen molar-refractivity contribution >= 4 is 17.5 Å². The molecule has 6 nitrogen and oxygen atoms in total. The van der Waals surface area contributed by atoms with Crippen LogP contribution in [0, 0.1) is 12.8 Å². The molecule has 0 spiro atoms. The van der Waals surface area contributed by atoms with Gasteiger partial charge in [0.05, 0.1) is 20.1 Å². The number of hydrogen-bond donors (Lipinski definition) is 0. The van der Waals surface area contributed by atoms with Crippen LogP contribution in [0.4, 0.5) is 5.69 Å². The summed E-state index contributed by atoms with van der Waals surface area (Å²) in [5.41, 5.74) is 4.25. The van der Waals surface area contributed by atoms with E-state index in [0.717, 1.165) is 23.2 Å². The molecule has 0 bridgehead atoms. The minimum absolute atomic E-state index is 0.0102. The van der Waals surface area contributed by atoms with E-state index in [1.54, 1.807) is 19.1 Å². The molecule has 6 heteroatoms. The Morgan fingerprint density at radius 2 is 1.69 bits per heavy atom. The molecule has 29 heavy (non-hydrogen) atoms. The van der Waals surface area contributed by atoms with Crippen molar-refractivity contribution < 1.29 is 19.1 Å². The molecular weight excluding hydrogens is 368 g/mol. The molecule has 2 aromatic carbocycles. The Morgan fingerprint density at radius 1 is 1.03 bits per heavy atom. The highest BCUT2D eigenvalue weighted by Crippen LogP contribution is 2.34. The van der Waals surface area contributed by atoms with Crippen LogP contribution in [0.15, 0.2) is 36.4 Å². The quantitative estimate of drug-likeness (QED) is 0.800. The van der Waals surface area contributed by atoms with E-state index in [-0.39, 0.29) is 24.2 Å². The summed E-state index contributed by atoms with van der Waals surface area (Å²) in [6, 6.07) is 11.8. The minimum Gasteiger partial charge on any atom is -0.493 e. The monoisotopic (exact) mass is 394 g/mol. The molecule has 2 amide bonds. The number of anilines is 1. The van der Waals surface area contributed by atoms with Crippen LogP contribution in [-0.4, -0.2) is 44.0 Å². The van der Waals surface area contributed by atoms with Crippen molar-refractivity contribution in [1.82, 2.24) is 4.90 Å². The molecule has 2 aliphatic rings. The second kappa shape index (κ2) is 7.78. The van der Waals surface area contributed by atoms with E-state index in [4.69, 9.17) is 9.47 Å². The Bertz CT molecular complexity index is 939. The first kappa shape index (κ1) is 19.3. The third-order valence-electron chi connectivity index (χ3n) is 5.85. The molecule has 1 fully saturated rings. The van der Waals surface area contributed by atoms with Crippen molar-refractivity contribution in [3.8, 4) is 11.5 Å². The van der Waals surface area contributed by atoms with Crippen molar-refractivity contribution in [2.45, 2.75) is 26.3 Å². The summed E-state index contributed by atoms with van der Waals surface area (Å²) in [6.45, 7) is 3.64. The standard InChI is InChI=1S/C23H26N2O4/c1-15-4-6-19(7-5-15)25-14-18(12-22(25)26)23(27)24-9-8-16-10-20(28-2)21(29-3)11-17(16)13-24/h4-7,10-11,18H,8-9,12-14H2,1-3H3. The molecule has 1 atom stereocenters. The van der Waals surface area contributed by atoms with E-state index in [1.165, 1.54) is 5.56 Å². The molecule has 1 unspecified atom stereocenters. The maximum absolute atomic E-state index is 13.2. The number of rotatable bonds is 4. The average Bonchev–Trinajstić information content (AvgIpc) is 3.13. The lowest BCUT2D eigenvalue weighted by atomic mass is 9.97. The van der Waals surface area contributed by atoms with Gasteiger partial charge in [-0.05, 0) is 48.7 Å². The lowest BCUT2D eigenvalue weighted by Crippen LogP contribution is -2.40. The Labute approximate surface area is 171 Å². The molecule has 152 valence electrons. The number of hydrogen-bond acceptors (Lipinski definition) is 4. The van der Waals surface area contributed by atoms with Gasteiger partial charge in [-0.2, -0.15) is 0 Å². The number of ether oxygens (including phenoxy) is 2. The van der Waals surface area contributed by atoms with Crippen molar-refractivity contribution in [2.24, 2.45) is 5.92 Å². The number of aryl methyl sites for hydroxylation is 1. The van der Waals surface area contributed by atoms with Crippen LogP contribution in [0.3, 0.4) is 0 Å². The van der Waals surface area contributed by atoms with Crippen molar-refractivity contribution in [3.05, 3.63) is 53.1 Å². The highest BCUT2D eigenvalue weighted by molar-refractivity contribution is 6.00. The van der Waals surface area contributed by atoms with Gasteiger partial charge in [-0.15, -0.1) is 0 Å². The van der Waals surface area contributed by atoms with Crippen LogP contribution in [0.25, 0.3) is 0 Å². The van der Waals surface area contributed by atoms with E-state index >= 15 is 0 Å². The Hall–Kier alpha value is -3.02. The topological polar surface area (TPSA) is 59.1 Å². The summed E-state index contributed by atoms with van der Waals surface area (Å²) in [7, 11) is 3.24. The maximum Gasteiger partial charge on any atom is 0.228 e. The number of fused-ring (bicyclic) bond motifs is 1. The van der Waals surface area contributed by atoms with Gasteiger partial charge in [0.15, 0.2) is 11.5 Å². The van der Waals surface area contributed by atoms with Gasteiger partial charge >= 0.3 is 0 Å². The molecule has 2 heterocycles. The van der Waals surface area contributed by atoms with Crippen molar-refractivity contribution in [2.75, 3.05) is 32.2 Å². The fourth-order valence-corrected chi connectivity index (χ4v) is 4.18. The van der Waals surface area contributed by atoms with Crippen molar-refractivity contribution in [3.63, 3.8) is 0 Å². The van der Waals surface area contributed by atoms with Gasteiger partial charge in [0, 0.05) is 31.7 Å². The van der Waals surface area contributed by atoms with E-state index in [0.29, 0.717) is 31.1 Å². The minimum atomic E-state index is -0.300. The van der Waals surface area contributed by atoms with Gasteiger partial charge in [0.2, 0.25) is 11.8 Å². The molecule has 0 N–H and O–H groups in total. The van der Waals surface area contributed by atoms with Gasteiger partial charge in [-0.25, -0.2) is 0 Å². The first-order valence-corrected chi connectivity index (χ1v) is 9.89. The zero-order valence-corrected chi connectivity index (χ0v) is 17.1. The number of carbonyl (C=O) groups is 2. The first-order valence-electron chi connectivity index (χ1n) is 9.89. The Balaban J connectivity index is 1.48. The lowest BCUT2D eigenvalue weighted by Gasteiger charge is -2.31. The number of amides is 2. The Morgan fingerprint density at radius 3 is 2.34 bits per heavy atom. The predicted octanol–water partition coefficient (Wildman–Crippen LogP) is 2.95. The van der Waals surface area contributed by atoms with Gasteiger partial charge in [0.25, 0.3) is 0 Å². The summed E-state index contributed by atoms with van der Waals surface area (Å²) >= 11 is 0. The van der Waals surface area contributed by atoms with E-state index in [1.807, 2.05) is 48.2 Å². The van der Waals surface area contributed by atoms with E-state index in [2.05, 4.69) is 0 Å². The van der Waals surface area contributed by atoms with Crippen LogP contribution < -0.4 is 14.4 Å². The Kier molecular flexibility index (Phi) is 5.18. The summed E-state index contributed by atoms with van der Waals surface area (Å²) < 4.78 is 10.8. The third-order valence-corrected chi connectivity index (χ3v) is 5.85. The van der Waals surface area contributed by atoms with Crippen LogP contribution in [0.5, 0.6) is 11.5 Å². The highest BCUT2D eigenvalue weighted by atomic mass is 16.5. The number of carbonyl (C=O) groups excluding carboxylic acids is 2. The van der Waals surface area contributed by atoms with Crippen LogP contribution >= 0.6 is 0 Å². The molecular formula is C23H26N2O4. The van der Waals surface area contributed by atoms with E-state index in [9.17, 15) is 9.59 Å². The van der Waals surface area contributed by atoms with Crippen LogP contribution in [0.1, 0.15) is 23.1 Å². The number of nitrogens with zero attached hydrogens (tertiary/aromatic N) is 2. The van der Waals surface area contributed by atoms with Gasteiger partial charge in [-0.3, -0.25) is 9.59 Å². The molecule has 0 saturated carbocycles. The summed E-state index contributed by atoms with van der Waals surface area (Å²) in [6.07, 6.45) is 1.03. The summed E-state index contributed by atoms with van der Waals surface area (Å²) in [4.78, 5) is 29.3.